The Morgan fingerprint density at radius 3 is 2.35 bits per heavy atom. The van der Waals surface area contributed by atoms with Crippen molar-refractivity contribution in [1.82, 2.24) is 5.32 Å². The summed E-state index contributed by atoms with van der Waals surface area (Å²) in [5.41, 5.74) is 2.42. The molecule has 0 atom stereocenters. The van der Waals surface area contributed by atoms with E-state index in [-0.39, 0.29) is 5.91 Å². The molecule has 1 aliphatic rings. The molecule has 6 heteroatoms. The Hall–Kier alpha value is -3.15. The van der Waals surface area contributed by atoms with E-state index in [9.17, 15) is 14.4 Å². The first-order chi connectivity index (χ1) is 12.6. The Morgan fingerprint density at radius 2 is 1.69 bits per heavy atom. The molecule has 6 nitrogen and oxygen atoms in total. The van der Waals surface area contributed by atoms with E-state index in [1.54, 1.807) is 29.2 Å². The van der Waals surface area contributed by atoms with Gasteiger partial charge in [-0.2, -0.15) is 0 Å². The molecule has 1 heterocycles. The minimum atomic E-state index is -0.705. The van der Waals surface area contributed by atoms with Gasteiger partial charge in [0.15, 0.2) is 0 Å². The van der Waals surface area contributed by atoms with Gasteiger partial charge in [-0.25, -0.2) is 0 Å². The molecule has 3 rings (SSSR count). The van der Waals surface area contributed by atoms with E-state index in [4.69, 9.17) is 0 Å². The molecule has 3 amide bonds. The van der Waals surface area contributed by atoms with Crippen molar-refractivity contribution in [3.8, 4) is 0 Å². The molecule has 1 fully saturated rings. The number of carbonyl (C=O) groups is 3. The van der Waals surface area contributed by atoms with E-state index in [1.807, 2.05) is 30.3 Å². The molecule has 2 aromatic rings. The van der Waals surface area contributed by atoms with E-state index >= 15 is 0 Å². The largest absolute Gasteiger partial charge is 0.347 e. The fourth-order valence-corrected chi connectivity index (χ4v) is 2.88. The molecule has 0 radical (unpaired) electrons. The Kier molecular flexibility index (Phi) is 5.63. The molecular formula is C20H21N3O3. The SMILES string of the molecule is O=C(NCCc1ccccc1)C(=O)Nc1ccc(N2CCCC2=O)cc1. The van der Waals surface area contributed by atoms with Crippen molar-refractivity contribution in [2.75, 3.05) is 23.3 Å². The first-order valence-corrected chi connectivity index (χ1v) is 8.67. The summed E-state index contributed by atoms with van der Waals surface area (Å²) in [6, 6.07) is 16.7. The monoisotopic (exact) mass is 351 g/mol. The summed E-state index contributed by atoms with van der Waals surface area (Å²) in [7, 11) is 0. The van der Waals surface area contributed by atoms with Crippen LogP contribution in [0.15, 0.2) is 54.6 Å². The Labute approximate surface area is 152 Å². The van der Waals surface area contributed by atoms with Gasteiger partial charge in [0, 0.05) is 30.9 Å². The molecule has 26 heavy (non-hydrogen) atoms. The second-order valence-electron chi connectivity index (χ2n) is 6.14. The van der Waals surface area contributed by atoms with Crippen LogP contribution in [0, 0.1) is 0 Å². The smallest absolute Gasteiger partial charge is 0.313 e. The molecule has 0 spiro atoms. The molecule has 0 aromatic heterocycles. The van der Waals surface area contributed by atoms with Crippen LogP contribution in [0.1, 0.15) is 18.4 Å². The van der Waals surface area contributed by atoms with Gasteiger partial charge in [-0.05, 0) is 42.7 Å². The number of nitrogens with zero attached hydrogens (tertiary/aromatic N) is 1. The van der Waals surface area contributed by atoms with Crippen molar-refractivity contribution in [3.63, 3.8) is 0 Å². The first-order valence-electron chi connectivity index (χ1n) is 8.67. The lowest BCUT2D eigenvalue weighted by atomic mass is 10.1. The van der Waals surface area contributed by atoms with Crippen molar-refractivity contribution in [1.29, 1.82) is 0 Å². The molecule has 1 saturated heterocycles. The summed E-state index contributed by atoms with van der Waals surface area (Å²) in [5.74, 6) is -1.26. The van der Waals surface area contributed by atoms with Gasteiger partial charge >= 0.3 is 11.8 Å². The van der Waals surface area contributed by atoms with Crippen LogP contribution in [0.5, 0.6) is 0 Å². The van der Waals surface area contributed by atoms with Crippen LogP contribution in [0.3, 0.4) is 0 Å². The lowest BCUT2D eigenvalue weighted by Crippen LogP contribution is -2.36. The summed E-state index contributed by atoms with van der Waals surface area (Å²) < 4.78 is 0. The average molecular weight is 351 g/mol. The first kappa shape index (κ1) is 17.7. The lowest BCUT2D eigenvalue weighted by molar-refractivity contribution is -0.136. The van der Waals surface area contributed by atoms with Gasteiger partial charge in [-0.3, -0.25) is 14.4 Å². The highest BCUT2D eigenvalue weighted by Gasteiger charge is 2.21. The fourth-order valence-electron chi connectivity index (χ4n) is 2.88. The average Bonchev–Trinajstić information content (AvgIpc) is 3.09. The molecule has 2 N–H and O–H groups in total. The Bertz CT molecular complexity index is 788. The standard InChI is InChI=1S/C20H21N3O3/c24-18-7-4-14-23(18)17-10-8-16(9-11-17)22-20(26)19(25)21-13-12-15-5-2-1-3-6-15/h1-3,5-6,8-11H,4,7,12-14H2,(H,21,25)(H,22,26). The maximum atomic E-state index is 12.0. The summed E-state index contributed by atoms with van der Waals surface area (Å²) in [4.78, 5) is 37.3. The fraction of sp³-hybridized carbons (Fsp3) is 0.250. The minimum Gasteiger partial charge on any atom is -0.347 e. The number of hydrogen-bond acceptors (Lipinski definition) is 3. The molecule has 134 valence electrons. The zero-order valence-electron chi connectivity index (χ0n) is 14.4. The molecule has 0 bridgehead atoms. The van der Waals surface area contributed by atoms with Crippen LogP contribution < -0.4 is 15.5 Å². The normalized spacial score (nSPS) is 13.5. The van der Waals surface area contributed by atoms with E-state index in [0.29, 0.717) is 31.6 Å². The number of benzene rings is 2. The van der Waals surface area contributed by atoms with Gasteiger partial charge in [0.25, 0.3) is 0 Å². The predicted octanol–water partition coefficient (Wildman–Crippen LogP) is 2.11. The van der Waals surface area contributed by atoms with Gasteiger partial charge in [0.1, 0.15) is 0 Å². The second kappa shape index (κ2) is 8.29. The number of nitrogens with one attached hydrogen (secondary N) is 2. The van der Waals surface area contributed by atoms with Gasteiger partial charge in [-0.1, -0.05) is 30.3 Å². The second-order valence-corrected chi connectivity index (χ2v) is 6.14. The number of anilines is 2. The quantitative estimate of drug-likeness (QED) is 0.810. The predicted molar refractivity (Wildman–Crippen MR) is 99.8 cm³/mol. The Balaban J connectivity index is 1.47. The van der Waals surface area contributed by atoms with Crippen molar-refractivity contribution in [2.24, 2.45) is 0 Å². The summed E-state index contributed by atoms with van der Waals surface area (Å²) in [6.07, 6.45) is 2.10. The van der Waals surface area contributed by atoms with Crippen molar-refractivity contribution in [3.05, 3.63) is 60.2 Å². The van der Waals surface area contributed by atoms with Crippen LogP contribution >= 0.6 is 0 Å². The summed E-state index contributed by atoms with van der Waals surface area (Å²) in [6.45, 7) is 1.11. The van der Waals surface area contributed by atoms with E-state index < -0.39 is 11.8 Å². The van der Waals surface area contributed by atoms with Crippen LogP contribution in [0.25, 0.3) is 0 Å². The zero-order valence-corrected chi connectivity index (χ0v) is 14.4. The molecule has 0 saturated carbocycles. The van der Waals surface area contributed by atoms with Gasteiger partial charge in [0.05, 0.1) is 0 Å². The summed E-state index contributed by atoms with van der Waals surface area (Å²) in [5, 5.41) is 5.17. The van der Waals surface area contributed by atoms with Gasteiger partial charge < -0.3 is 15.5 Å². The Morgan fingerprint density at radius 1 is 0.962 bits per heavy atom. The lowest BCUT2D eigenvalue weighted by Gasteiger charge is -2.16. The molecular weight excluding hydrogens is 330 g/mol. The van der Waals surface area contributed by atoms with Crippen molar-refractivity contribution in [2.45, 2.75) is 19.3 Å². The van der Waals surface area contributed by atoms with E-state index in [2.05, 4.69) is 10.6 Å². The van der Waals surface area contributed by atoms with Gasteiger partial charge in [0.2, 0.25) is 5.91 Å². The van der Waals surface area contributed by atoms with Crippen LogP contribution in [0.2, 0.25) is 0 Å². The maximum Gasteiger partial charge on any atom is 0.313 e. The van der Waals surface area contributed by atoms with Crippen molar-refractivity contribution < 1.29 is 14.4 Å². The van der Waals surface area contributed by atoms with E-state index in [1.165, 1.54) is 0 Å². The maximum absolute atomic E-state index is 12.0. The van der Waals surface area contributed by atoms with Gasteiger partial charge in [-0.15, -0.1) is 0 Å². The van der Waals surface area contributed by atoms with E-state index in [0.717, 1.165) is 17.7 Å². The third kappa shape index (κ3) is 4.47. The molecule has 1 aliphatic heterocycles. The van der Waals surface area contributed by atoms with Crippen LogP contribution in [0.4, 0.5) is 11.4 Å². The number of rotatable bonds is 5. The third-order valence-electron chi connectivity index (χ3n) is 4.26. The zero-order chi connectivity index (χ0) is 18.4. The molecule has 0 unspecified atom stereocenters. The highest BCUT2D eigenvalue weighted by atomic mass is 16.2. The minimum absolute atomic E-state index is 0.111. The molecule has 0 aliphatic carbocycles. The summed E-state index contributed by atoms with van der Waals surface area (Å²) >= 11 is 0. The highest BCUT2D eigenvalue weighted by Crippen LogP contribution is 2.22. The van der Waals surface area contributed by atoms with Crippen molar-refractivity contribution >= 4 is 29.1 Å². The van der Waals surface area contributed by atoms with Crippen LogP contribution in [-0.4, -0.2) is 30.8 Å². The third-order valence-corrected chi connectivity index (χ3v) is 4.26. The number of amides is 3. The number of hydrogen-bond donors (Lipinski definition) is 2. The number of carbonyl (C=O) groups excluding carboxylic acids is 3. The topological polar surface area (TPSA) is 78.5 Å². The van der Waals surface area contributed by atoms with Crippen LogP contribution in [-0.2, 0) is 20.8 Å². The highest BCUT2D eigenvalue weighted by molar-refractivity contribution is 6.39. The molecule has 2 aromatic carbocycles.